The fraction of sp³-hybridized carbons (Fsp3) is 0.143. The largest absolute Gasteiger partial charge is 0.462 e. The number of hydrogen-bond donors (Lipinski definition) is 0. The van der Waals surface area contributed by atoms with E-state index in [-0.39, 0.29) is 23.1 Å². The maximum atomic E-state index is 13.9. The average Bonchev–Trinajstić information content (AvgIpc) is 3.24. The Morgan fingerprint density at radius 3 is 2.53 bits per heavy atom. The number of nitrogens with zero attached hydrogens (tertiary/aromatic N) is 4. The predicted molar refractivity (Wildman–Crippen MR) is 105 cm³/mol. The van der Waals surface area contributed by atoms with E-state index in [2.05, 4.69) is 10.1 Å². The minimum Gasteiger partial charge on any atom is -0.462 e. The molecule has 2 heterocycles. The molecule has 0 N–H and O–H groups in total. The van der Waals surface area contributed by atoms with Crippen molar-refractivity contribution in [1.82, 2.24) is 19.3 Å². The molecule has 0 aliphatic rings. The second kappa shape index (κ2) is 7.86. The summed E-state index contributed by atoms with van der Waals surface area (Å²) in [6.07, 6.45) is 4.31. The van der Waals surface area contributed by atoms with Crippen LogP contribution in [0, 0.1) is 11.6 Å². The lowest BCUT2D eigenvalue weighted by Gasteiger charge is -2.14. The number of rotatable bonds is 5. The minimum absolute atomic E-state index is 0.0745. The minimum atomic E-state index is -1.17. The Morgan fingerprint density at radius 2 is 1.87 bits per heavy atom. The topological polar surface area (TPSA) is 79.0 Å². The van der Waals surface area contributed by atoms with Crippen molar-refractivity contribution >= 4 is 16.9 Å². The van der Waals surface area contributed by atoms with Gasteiger partial charge < -0.3 is 9.30 Å². The number of pyridine rings is 1. The van der Waals surface area contributed by atoms with Gasteiger partial charge in [0.2, 0.25) is 5.43 Å². The third kappa shape index (κ3) is 3.57. The first kappa shape index (κ1) is 19.4. The van der Waals surface area contributed by atoms with Crippen molar-refractivity contribution in [3.05, 3.63) is 88.2 Å². The number of esters is 1. The highest BCUT2D eigenvalue weighted by atomic mass is 19.2. The van der Waals surface area contributed by atoms with Gasteiger partial charge in [0.15, 0.2) is 11.6 Å². The highest BCUT2D eigenvalue weighted by Gasteiger charge is 2.19. The van der Waals surface area contributed by atoms with Gasteiger partial charge in [-0.2, -0.15) is 5.10 Å². The fourth-order valence-corrected chi connectivity index (χ4v) is 3.15. The Hall–Kier alpha value is -3.88. The molecule has 152 valence electrons. The third-order valence-electron chi connectivity index (χ3n) is 4.57. The number of carbonyl (C=O) groups excluding carboxylic acids is 1. The highest BCUT2D eigenvalue weighted by molar-refractivity contribution is 5.94. The summed E-state index contributed by atoms with van der Waals surface area (Å²) in [5, 5.41) is 3.93. The summed E-state index contributed by atoms with van der Waals surface area (Å²) in [4.78, 5) is 28.9. The Kier molecular flexibility index (Phi) is 5.09. The maximum Gasteiger partial charge on any atom is 0.343 e. The van der Waals surface area contributed by atoms with Crippen molar-refractivity contribution in [3.63, 3.8) is 0 Å². The van der Waals surface area contributed by atoms with Crippen molar-refractivity contribution in [2.45, 2.75) is 13.5 Å². The molecule has 0 fully saturated rings. The summed E-state index contributed by atoms with van der Waals surface area (Å²) in [6, 6.07) is 8.87. The summed E-state index contributed by atoms with van der Waals surface area (Å²) in [5.74, 6) is -3.09. The van der Waals surface area contributed by atoms with Crippen LogP contribution in [0.2, 0.25) is 0 Å². The van der Waals surface area contributed by atoms with E-state index in [1.165, 1.54) is 17.1 Å². The zero-order valence-electron chi connectivity index (χ0n) is 15.9. The standard InChI is InChI=1S/C21H16F2N4O3/c1-2-30-21(29)16-10-27(19-8-18(23)17(22)7-15(19)20(16)28)14-5-3-13(4-6-14)9-26-12-24-11-25-26/h3-8,10-12H,2,9H2,1H3. The third-order valence-corrected chi connectivity index (χ3v) is 4.57. The van der Waals surface area contributed by atoms with Gasteiger partial charge in [-0.15, -0.1) is 0 Å². The normalized spacial score (nSPS) is 11.0. The quantitative estimate of drug-likeness (QED) is 0.473. The Bertz CT molecular complexity index is 1280. The lowest BCUT2D eigenvalue weighted by Crippen LogP contribution is -2.21. The Morgan fingerprint density at radius 1 is 1.13 bits per heavy atom. The van der Waals surface area contributed by atoms with Gasteiger partial charge in [-0.1, -0.05) is 12.1 Å². The van der Waals surface area contributed by atoms with Gasteiger partial charge in [0.25, 0.3) is 0 Å². The van der Waals surface area contributed by atoms with E-state index < -0.39 is 23.0 Å². The van der Waals surface area contributed by atoms with E-state index in [9.17, 15) is 18.4 Å². The lowest BCUT2D eigenvalue weighted by atomic mass is 10.1. The van der Waals surface area contributed by atoms with Crippen LogP contribution in [-0.2, 0) is 11.3 Å². The van der Waals surface area contributed by atoms with Crippen molar-refractivity contribution in [3.8, 4) is 5.69 Å². The summed E-state index contributed by atoms with van der Waals surface area (Å²) in [5.41, 5.74) is 0.635. The van der Waals surface area contributed by atoms with E-state index in [1.807, 2.05) is 12.1 Å². The van der Waals surface area contributed by atoms with E-state index in [0.717, 1.165) is 17.7 Å². The van der Waals surface area contributed by atoms with E-state index >= 15 is 0 Å². The van der Waals surface area contributed by atoms with Gasteiger partial charge >= 0.3 is 5.97 Å². The van der Waals surface area contributed by atoms with E-state index in [1.54, 1.807) is 30.1 Å². The van der Waals surface area contributed by atoms with Gasteiger partial charge in [-0.25, -0.2) is 23.2 Å². The number of carbonyl (C=O) groups is 1. The predicted octanol–water partition coefficient (Wildman–Crippen LogP) is 3.09. The van der Waals surface area contributed by atoms with Crippen LogP contribution in [0.3, 0.4) is 0 Å². The average molecular weight is 410 g/mol. The molecule has 0 spiro atoms. The van der Waals surface area contributed by atoms with Crippen LogP contribution in [0.1, 0.15) is 22.8 Å². The van der Waals surface area contributed by atoms with Crippen LogP contribution in [0.4, 0.5) is 8.78 Å². The first-order valence-electron chi connectivity index (χ1n) is 9.11. The molecule has 2 aromatic carbocycles. The van der Waals surface area contributed by atoms with Gasteiger partial charge in [-0.3, -0.25) is 4.79 Å². The first-order chi connectivity index (χ1) is 14.5. The lowest BCUT2D eigenvalue weighted by molar-refractivity contribution is 0.0524. The molecule has 0 unspecified atom stereocenters. The Balaban J connectivity index is 1.86. The van der Waals surface area contributed by atoms with Crippen LogP contribution in [0.5, 0.6) is 0 Å². The number of benzene rings is 2. The second-order valence-corrected chi connectivity index (χ2v) is 6.51. The summed E-state index contributed by atoms with van der Waals surface area (Å²) >= 11 is 0. The van der Waals surface area contributed by atoms with E-state index in [4.69, 9.17) is 4.74 Å². The molecule has 30 heavy (non-hydrogen) atoms. The molecular weight excluding hydrogens is 394 g/mol. The molecule has 0 bridgehead atoms. The highest BCUT2D eigenvalue weighted by Crippen LogP contribution is 2.21. The van der Waals surface area contributed by atoms with Crippen LogP contribution < -0.4 is 5.43 Å². The first-order valence-corrected chi connectivity index (χ1v) is 9.11. The molecule has 0 radical (unpaired) electrons. The molecule has 0 aliphatic carbocycles. The Labute approximate surface area is 169 Å². The fourth-order valence-electron chi connectivity index (χ4n) is 3.15. The van der Waals surface area contributed by atoms with Crippen molar-refractivity contribution in [2.24, 2.45) is 0 Å². The molecule has 0 atom stereocenters. The molecule has 2 aromatic heterocycles. The van der Waals surface area contributed by atoms with Crippen molar-refractivity contribution < 1.29 is 18.3 Å². The van der Waals surface area contributed by atoms with Gasteiger partial charge in [-0.05, 0) is 30.7 Å². The van der Waals surface area contributed by atoms with Crippen molar-refractivity contribution in [1.29, 1.82) is 0 Å². The molecule has 0 saturated heterocycles. The smallest absolute Gasteiger partial charge is 0.343 e. The van der Waals surface area contributed by atoms with Crippen LogP contribution >= 0.6 is 0 Å². The summed E-state index contributed by atoms with van der Waals surface area (Å²) in [6.45, 7) is 2.19. The number of hydrogen-bond acceptors (Lipinski definition) is 5. The van der Waals surface area contributed by atoms with Gasteiger partial charge in [0, 0.05) is 18.0 Å². The summed E-state index contributed by atoms with van der Waals surface area (Å²) < 4.78 is 35.8. The molecule has 7 nitrogen and oxygen atoms in total. The SMILES string of the molecule is CCOC(=O)c1cn(-c2ccc(Cn3cncn3)cc2)c2cc(F)c(F)cc2c1=O. The van der Waals surface area contributed by atoms with Crippen LogP contribution in [0.15, 0.2) is 60.0 Å². The number of fused-ring (bicyclic) bond motifs is 1. The zero-order chi connectivity index (χ0) is 21.3. The van der Waals surface area contributed by atoms with Gasteiger partial charge in [0.05, 0.1) is 24.1 Å². The van der Waals surface area contributed by atoms with E-state index in [0.29, 0.717) is 12.2 Å². The molecule has 0 aliphatic heterocycles. The molecule has 4 aromatic rings. The molecular formula is C21H16F2N4O3. The molecule has 9 heteroatoms. The number of aromatic nitrogens is 4. The monoisotopic (exact) mass is 410 g/mol. The zero-order valence-corrected chi connectivity index (χ0v) is 15.9. The number of halogens is 2. The molecule has 0 amide bonds. The van der Waals surface area contributed by atoms with Gasteiger partial charge in [0.1, 0.15) is 18.2 Å². The maximum absolute atomic E-state index is 13.9. The van der Waals surface area contributed by atoms with Crippen molar-refractivity contribution in [2.75, 3.05) is 6.61 Å². The second-order valence-electron chi connectivity index (χ2n) is 6.51. The molecule has 4 rings (SSSR count). The molecule has 0 saturated carbocycles. The van der Waals surface area contributed by atoms with Crippen LogP contribution in [0.25, 0.3) is 16.6 Å². The van der Waals surface area contributed by atoms with Crippen LogP contribution in [-0.4, -0.2) is 31.9 Å². The summed E-state index contributed by atoms with van der Waals surface area (Å²) in [7, 11) is 0. The number of ether oxygens (including phenoxy) is 1.